The summed E-state index contributed by atoms with van der Waals surface area (Å²) >= 11 is 0. The van der Waals surface area contributed by atoms with Crippen LogP contribution in [0.25, 0.3) is 0 Å². The third-order valence-electron chi connectivity index (χ3n) is 4.36. The van der Waals surface area contributed by atoms with Crippen molar-refractivity contribution in [3.05, 3.63) is 30.3 Å². The summed E-state index contributed by atoms with van der Waals surface area (Å²) in [7, 11) is 0. The highest BCUT2D eigenvalue weighted by Gasteiger charge is 2.26. The van der Waals surface area contributed by atoms with Gasteiger partial charge in [0, 0.05) is 25.2 Å². The number of piperidine rings is 1. The lowest BCUT2D eigenvalue weighted by molar-refractivity contribution is 0.121. The van der Waals surface area contributed by atoms with Gasteiger partial charge in [-0.15, -0.1) is 0 Å². The average Bonchev–Trinajstić information content (AvgIpc) is 3.32. The van der Waals surface area contributed by atoms with E-state index in [1.807, 2.05) is 30.3 Å². The van der Waals surface area contributed by atoms with Gasteiger partial charge in [0.05, 0.1) is 0 Å². The average molecular weight is 274 g/mol. The Kier molecular flexibility index (Phi) is 4.93. The van der Waals surface area contributed by atoms with Gasteiger partial charge < -0.3 is 10.1 Å². The molecule has 0 spiro atoms. The number of rotatable bonds is 7. The molecule has 1 saturated carbocycles. The van der Waals surface area contributed by atoms with Crippen molar-refractivity contribution in [1.82, 2.24) is 10.2 Å². The number of nitrogens with zero attached hydrogens (tertiary/aromatic N) is 1. The van der Waals surface area contributed by atoms with E-state index in [1.165, 1.54) is 38.6 Å². The van der Waals surface area contributed by atoms with E-state index < -0.39 is 0 Å². The van der Waals surface area contributed by atoms with Gasteiger partial charge in [-0.25, -0.2) is 0 Å². The standard InChI is InChI=1S/C17H26N2O/c1-2-7-17(8-3-1)20-13-12-19-11-5-4-6-16(19)14-18-15-9-10-15/h1-3,7-8,15-16,18H,4-6,9-14H2. The fourth-order valence-electron chi connectivity index (χ4n) is 2.97. The van der Waals surface area contributed by atoms with Crippen LogP contribution in [0.1, 0.15) is 32.1 Å². The molecule has 1 aliphatic heterocycles. The van der Waals surface area contributed by atoms with Crippen molar-refractivity contribution in [1.29, 1.82) is 0 Å². The summed E-state index contributed by atoms with van der Waals surface area (Å²) in [5, 5.41) is 3.68. The highest BCUT2D eigenvalue weighted by molar-refractivity contribution is 5.20. The molecule has 3 rings (SSSR count). The predicted molar refractivity (Wildman–Crippen MR) is 82.2 cm³/mol. The molecule has 0 radical (unpaired) electrons. The maximum absolute atomic E-state index is 5.83. The van der Waals surface area contributed by atoms with Gasteiger partial charge in [0.25, 0.3) is 0 Å². The van der Waals surface area contributed by atoms with Crippen LogP contribution in [0.5, 0.6) is 5.75 Å². The van der Waals surface area contributed by atoms with E-state index in [2.05, 4.69) is 10.2 Å². The number of benzene rings is 1. The normalized spacial score (nSPS) is 23.7. The lowest BCUT2D eigenvalue weighted by atomic mass is 10.0. The first kappa shape index (κ1) is 13.9. The zero-order chi connectivity index (χ0) is 13.6. The second-order valence-electron chi connectivity index (χ2n) is 6.03. The summed E-state index contributed by atoms with van der Waals surface area (Å²) in [6.07, 6.45) is 6.82. The fourth-order valence-corrected chi connectivity index (χ4v) is 2.97. The Morgan fingerprint density at radius 3 is 2.75 bits per heavy atom. The second-order valence-corrected chi connectivity index (χ2v) is 6.03. The molecule has 1 aliphatic carbocycles. The summed E-state index contributed by atoms with van der Waals surface area (Å²) < 4.78 is 5.83. The summed E-state index contributed by atoms with van der Waals surface area (Å²) in [5.74, 6) is 0.983. The predicted octanol–water partition coefficient (Wildman–Crippen LogP) is 2.67. The summed E-state index contributed by atoms with van der Waals surface area (Å²) in [4.78, 5) is 2.61. The van der Waals surface area contributed by atoms with E-state index in [-0.39, 0.29) is 0 Å². The van der Waals surface area contributed by atoms with Gasteiger partial charge in [0.1, 0.15) is 12.4 Å². The highest BCUT2D eigenvalue weighted by Crippen LogP contribution is 2.21. The SMILES string of the molecule is c1ccc(OCCN2CCCCC2CNC2CC2)cc1. The number of nitrogens with one attached hydrogen (secondary N) is 1. The molecule has 1 atom stereocenters. The summed E-state index contributed by atoms with van der Waals surface area (Å²) in [5.41, 5.74) is 0. The number of hydrogen-bond donors (Lipinski definition) is 1. The maximum atomic E-state index is 5.83. The third kappa shape index (κ3) is 4.22. The van der Waals surface area contributed by atoms with E-state index in [1.54, 1.807) is 0 Å². The van der Waals surface area contributed by atoms with Crippen molar-refractivity contribution in [3.8, 4) is 5.75 Å². The van der Waals surface area contributed by atoms with Gasteiger partial charge in [-0.3, -0.25) is 4.90 Å². The molecule has 1 unspecified atom stereocenters. The van der Waals surface area contributed by atoms with Crippen LogP contribution in [-0.2, 0) is 0 Å². The first-order valence-corrected chi connectivity index (χ1v) is 8.07. The van der Waals surface area contributed by atoms with Crippen molar-refractivity contribution in [2.45, 2.75) is 44.2 Å². The molecule has 2 aliphatic rings. The van der Waals surface area contributed by atoms with Crippen LogP contribution >= 0.6 is 0 Å². The molecule has 110 valence electrons. The molecule has 1 N–H and O–H groups in total. The van der Waals surface area contributed by atoms with Crippen LogP contribution in [0.15, 0.2) is 30.3 Å². The molecule has 1 aromatic rings. The molecule has 0 amide bonds. The van der Waals surface area contributed by atoms with E-state index in [9.17, 15) is 0 Å². The van der Waals surface area contributed by atoms with Crippen molar-refractivity contribution in [2.75, 3.05) is 26.2 Å². The van der Waals surface area contributed by atoms with Crippen LogP contribution in [-0.4, -0.2) is 43.2 Å². The molecule has 3 nitrogen and oxygen atoms in total. The van der Waals surface area contributed by atoms with Crippen molar-refractivity contribution in [2.24, 2.45) is 0 Å². The minimum absolute atomic E-state index is 0.712. The van der Waals surface area contributed by atoms with Crippen LogP contribution in [0, 0.1) is 0 Å². The minimum Gasteiger partial charge on any atom is -0.492 e. The topological polar surface area (TPSA) is 24.5 Å². The summed E-state index contributed by atoms with van der Waals surface area (Å²) in [6.45, 7) is 4.24. The Hall–Kier alpha value is -1.06. The smallest absolute Gasteiger partial charge is 0.119 e. The lowest BCUT2D eigenvalue weighted by Gasteiger charge is -2.35. The zero-order valence-electron chi connectivity index (χ0n) is 12.3. The van der Waals surface area contributed by atoms with Crippen LogP contribution < -0.4 is 10.1 Å². The molecular weight excluding hydrogens is 248 g/mol. The molecule has 1 saturated heterocycles. The Labute approximate surface area is 122 Å². The van der Waals surface area contributed by atoms with E-state index >= 15 is 0 Å². The Bertz CT molecular complexity index is 391. The van der Waals surface area contributed by atoms with Gasteiger partial charge in [-0.05, 0) is 44.4 Å². The lowest BCUT2D eigenvalue weighted by Crippen LogP contribution is -2.47. The van der Waals surface area contributed by atoms with Gasteiger partial charge in [0.2, 0.25) is 0 Å². The molecule has 2 fully saturated rings. The highest BCUT2D eigenvalue weighted by atomic mass is 16.5. The minimum atomic E-state index is 0.712. The monoisotopic (exact) mass is 274 g/mol. The molecule has 1 aromatic carbocycles. The Morgan fingerprint density at radius 2 is 1.95 bits per heavy atom. The van der Waals surface area contributed by atoms with E-state index in [0.29, 0.717) is 6.04 Å². The quantitative estimate of drug-likeness (QED) is 0.827. The van der Waals surface area contributed by atoms with Crippen molar-refractivity contribution < 1.29 is 4.74 Å². The van der Waals surface area contributed by atoms with Gasteiger partial charge >= 0.3 is 0 Å². The number of ether oxygens (including phenoxy) is 1. The third-order valence-corrected chi connectivity index (χ3v) is 4.36. The second kappa shape index (κ2) is 7.09. The van der Waals surface area contributed by atoms with Gasteiger partial charge in [-0.2, -0.15) is 0 Å². The van der Waals surface area contributed by atoms with Crippen molar-refractivity contribution in [3.63, 3.8) is 0 Å². The molecule has 20 heavy (non-hydrogen) atoms. The van der Waals surface area contributed by atoms with E-state index in [0.717, 1.165) is 31.5 Å². The molecular formula is C17H26N2O. The maximum Gasteiger partial charge on any atom is 0.119 e. The Morgan fingerprint density at radius 1 is 1.10 bits per heavy atom. The number of para-hydroxylation sites is 1. The molecule has 0 bridgehead atoms. The van der Waals surface area contributed by atoms with Gasteiger partial charge in [-0.1, -0.05) is 24.6 Å². The van der Waals surface area contributed by atoms with Crippen molar-refractivity contribution >= 4 is 0 Å². The first-order valence-electron chi connectivity index (χ1n) is 8.07. The number of hydrogen-bond acceptors (Lipinski definition) is 3. The molecule has 1 heterocycles. The molecule has 3 heteroatoms. The first-order chi connectivity index (χ1) is 9.92. The largest absolute Gasteiger partial charge is 0.492 e. The Balaban J connectivity index is 1.41. The van der Waals surface area contributed by atoms with Crippen LogP contribution in [0.2, 0.25) is 0 Å². The summed E-state index contributed by atoms with van der Waals surface area (Å²) in [6, 6.07) is 11.7. The van der Waals surface area contributed by atoms with Crippen LogP contribution in [0.3, 0.4) is 0 Å². The molecule has 0 aromatic heterocycles. The zero-order valence-corrected chi connectivity index (χ0v) is 12.3. The van der Waals surface area contributed by atoms with Gasteiger partial charge in [0.15, 0.2) is 0 Å². The fraction of sp³-hybridized carbons (Fsp3) is 0.647. The number of likely N-dealkylation sites (tertiary alicyclic amines) is 1. The van der Waals surface area contributed by atoms with Crippen LogP contribution in [0.4, 0.5) is 0 Å². The van der Waals surface area contributed by atoms with E-state index in [4.69, 9.17) is 4.74 Å².